The van der Waals surface area contributed by atoms with E-state index in [1.807, 2.05) is 42.5 Å². The molecule has 0 bridgehead atoms. The second-order valence-electron chi connectivity index (χ2n) is 4.18. The fraction of sp³-hybridized carbons (Fsp3) is 0. The van der Waals surface area contributed by atoms with Gasteiger partial charge in [0.25, 0.3) is 0 Å². The smallest absolute Gasteiger partial charge is 0.126 e. The first-order chi connectivity index (χ1) is 8.74. The maximum absolute atomic E-state index is 13.3. The third kappa shape index (κ3) is 1.86. The molecule has 88 valence electrons. The van der Waals surface area contributed by atoms with Crippen molar-refractivity contribution < 1.29 is 8.78 Å². The zero-order chi connectivity index (χ0) is 12.5. The van der Waals surface area contributed by atoms with Crippen LogP contribution < -0.4 is 0 Å². The minimum absolute atomic E-state index is 0.557. The Hall–Kier alpha value is -2.22. The average molecular weight is 240 g/mol. The first-order valence-corrected chi connectivity index (χ1v) is 5.68. The predicted octanol–water partition coefficient (Wildman–Crippen LogP) is 4.79. The van der Waals surface area contributed by atoms with Crippen LogP contribution in [0.1, 0.15) is 0 Å². The highest BCUT2D eigenvalue weighted by molar-refractivity contribution is 5.96. The van der Waals surface area contributed by atoms with Crippen molar-refractivity contribution in [1.29, 1.82) is 0 Å². The molecule has 0 atom stereocenters. The van der Waals surface area contributed by atoms with Crippen LogP contribution in [0.4, 0.5) is 8.78 Å². The summed E-state index contributed by atoms with van der Waals surface area (Å²) in [5.74, 6) is -1.11. The number of fused-ring (bicyclic) bond motifs is 1. The normalized spacial score (nSPS) is 10.8. The summed E-state index contributed by atoms with van der Waals surface area (Å²) in [5.41, 5.74) is 1.40. The quantitative estimate of drug-likeness (QED) is 0.574. The van der Waals surface area contributed by atoms with Gasteiger partial charge in [0.2, 0.25) is 0 Å². The van der Waals surface area contributed by atoms with E-state index in [1.54, 1.807) is 0 Å². The molecule has 0 saturated heterocycles. The molecule has 0 amide bonds. The van der Waals surface area contributed by atoms with Gasteiger partial charge in [0, 0.05) is 6.07 Å². The Labute approximate surface area is 104 Å². The summed E-state index contributed by atoms with van der Waals surface area (Å²) in [7, 11) is 0. The molecule has 0 N–H and O–H groups in total. The number of rotatable bonds is 1. The monoisotopic (exact) mass is 240 g/mol. The van der Waals surface area contributed by atoms with E-state index in [-0.39, 0.29) is 0 Å². The lowest BCUT2D eigenvalue weighted by molar-refractivity contribution is 0.584. The van der Waals surface area contributed by atoms with E-state index in [4.69, 9.17) is 0 Å². The zero-order valence-corrected chi connectivity index (χ0v) is 9.53. The fourth-order valence-electron chi connectivity index (χ4n) is 2.19. The molecule has 0 heterocycles. The molecule has 2 heteroatoms. The van der Waals surface area contributed by atoms with Gasteiger partial charge in [-0.25, -0.2) is 8.78 Å². The summed E-state index contributed by atoms with van der Waals surface area (Å²) in [6.45, 7) is 0. The van der Waals surface area contributed by atoms with Crippen LogP contribution in [0.25, 0.3) is 21.9 Å². The number of hydrogen-bond acceptors (Lipinski definition) is 0. The minimum atomic E-state index is -0.557. The summed E-state index contributed by atoms with van der Waals surface area (Å²) in [4.78, 5) is 0. The van der Waals surface area contributed by atoms with E-state index in [1.165, 1.54) is 12.1 Å². The van der Waals surface area contributed by atoms with Crippen LogP contribution in [0.2, 0.25) is 0 Å². The molecule has 0 saturated carbocycles. The van der Waals surface area contributed by atoms with Crippen LogP contribution in [-0.2, 0) is 0 Å². The van der Waals surface area contributed by atoms with Gasteiger partial charge in [0.1, 0.15) is 11.6 Å². The molecule has 0 aliphatic carbocycles. The van der Waals surface area contributed by atoms with Crippen LogP contribution in [0.3, 0.4) is 0 Å². The van der Waals surface area contributed by atoms with Crippen LogP contribution in [0.5, 0.6) is 0 Å². The molecule has 0 aliphatic rings. The third-order valence-electron chi connectivity index (χ3n) is 2.96. The van der Waals surface area contributed by atoms with Crippen molar-refractivity contribution in [2.24, 2.45) is 0 Å². The molecule has 0 aromatic heterocycles. The van der Waals surface area contributed by atoms with Crippen molar-refractivity contribution in [3.05, 3.63) is 72.3 Å². The lowest BCUT2D eigenvalue weighted by Crippen LogP contribution is -1.85. The summed E-state index contributed by atoms with van der Waals surface area (Å²) < 4.78 is 26.5. The molecule has 0 aliphatic heterocycles. The molecule has 0 spiro atoms. The maximum atomic E-state index is 13.3. The van der Waals surface area contributed by atoms with Gasteiger partial charge in [-0.15, -0.1) is 0 Å². The fourth-order valence-corrected chi connectivity index (χ4v) is 2.19. The SMILES string of the molecule is Fc1cc(F)cc(-c2cccc3ccccc23)c1. The standard InChI is InChI=1S/C16H10F2/c17-13-8-12(9-14(18)10-13)16-7-3-5-11-4-1-2-6-15(11)16/h1-10H. The third-order valence-corrected chi connectivity index (χ3v) is 2.96. The summed E-state index contributed by atoms with van der Waals surface area (Å²) >= 11 is 0. The molecule has 3 aromatic rings. The van der Waals surface area contributed by atoms with Crippen LogP contribution in [0.15, 0.2) is 60.7 Å². The van der Waals surface area contributed by atoms with E-state index in [9.17, 15) is 8.78 Å². The largest absolute Gasteiger partial charge is 0.207 e. The van der Waals surface area contributed by atoms with Gasteiger partial charge in [-0.1, -0.05) is 42.5 Å². The van der Waals surface area contributed by atoms with Gasteiger partial charge in [-0.2, -0.15) is 0 Å². The Bertz CT molecular complexity index is 692. The van der Waals surface area contributed by atoms with E-state index >= 15 is 0 Å². The molecular formula is C16H10F2. The first kappa shape index (κ1) is 10.9. The van der Waals surface area contributed by atoms with Crippen molar-refractivity contribution in [2.45, 2.75) is 0 Å². The average Bonchev–Trinajstić information content (AvgIpc) is 2.37. The van der Waals surface area contributed by atoms with E-state index < -0.39 is 11.6 Å². The van der Waals surface area contributed by atoms with Gasteiger partial charge in [0.05, 0.1) is 0 Å². The van der Waals surface area contributed by atoms with Crippen molar-refractivity contribution in [1.82, 2.24) is 0 Å². The second kappa shape index (κ2) is 4.22. The Balaban J connectivity index is 2.31. The van der Waals surface area contributed by atoms with Crippen LogP contribution >= 0.6 is 0 Å². The first-order valence-electron chi connectivity index (χ1n) is 5.68. The summed E-state index contributed by atoms with van der Waals surface area (Å²) in [6.07, 6.45) is 0. The van der Waals surface area contributed by atoms with Gasteiger partial charge in [-0.3, -0.25) is 0 Å². The molecule has 3 rings (SSSR count). The van der Waals surface area contributed by atoms with Gasteiger partial charge >= 0.3 is 0 Å². The van der Waals surface area contributed by atoms with E-state index in [0.29, 0.717) is 5.56 Å². The van der Waals surface area contributed by atoms with E-state index in [2.05, 4.69) is 0 Å². The van der Waals surface area contributed by atoms with Crippen molar-refractivity contribution in [3.8, 4) is 11.1 Å². The molecule has 0 fully saturated rings. The molecule has 0 unspecified atom stereocenters. The van der Waals surface area contributed by atoms with Crippen LogP contribution in [0, 0.1) is 11.6 Å². The van der Waals surface area contributed by atoms with E-state index in [0.717, 1.165) is 22.4 Å². The Morgan fingerprint density at radius 3 is 2.11 bits per heavy atom. The molecule has 0 nitrogen and oxygen atoms in total. The highest BCUT2D eigenvalue weighted by Crippen LogP contribution is 2.29. The Morgan fingerprint density at radius 1 is 0.667 bits per heavy atom. The highest BCUT2D eigenvalue weighted by Gasteiger charge is 2.06. The molecule has 18 heavy (non-hydrogen) atoms. The van der Waals surface area contributed by atoms with Gasteiger partial charge < -0.3 is 0 Å². The topological polar surface area (TPSA) is 0 Å². The predicted molar refractivity (Wildman–Crippen MR) is 69.3 cm³/mol. The lowest BCUT2D eigenvalue weighted by Gasteiger charge is -2.07. The maximum Gasteiger partial charge on any atom is 0.126 e. The number of benzene rings is 3. The Kier molecular flexibility index (Phi) is 2.56. The van der Waals surface area contributed by atoms with Crippen LogP contribution in [-0.4, -0.2) is 0 Å². The summed E-state index contributed by atoms with van der Waals surface area (Å²) in [6, 6.07) is 17.1. The van der Waals surface area contributed by atoms with Crippen molar-refractivity contribution >= 4 is 10.8 Å². The zero-order valence-electron chi connectivity index (χ0n) is 9.53. The van der Waals surface area contributed by atoms with Crippen molar-refractivity contribution in [2.75, 3.05) is 0 Å². The van der Waals surface area contributed by atoms with Gasteiger partial charge in [-0.05, 0) is 34.0 Å². The molecule has 0 radical (unpaired) electrons. The van der Waals surface area contributed by atoms with Crippen molar-refractivity contribution in [3.63, 3.8) is 0 Å². The lowest BCUT2D eigenvalue weighted by atomic mass is 9.98. The minimum Gasteiger partial charge on any atom is -0.207 e. The molecular weight excluding hydrogens is 230 g/mol. The molecule has 3 aromatic carbocycles. The number of halogens is 2. The Morgan fingerprint density at radius 2 is 1.33 bits per heavy atom. The number of hydrogen-bond donors (Lipinski definition) is 0. The van der Waals surface area contributed by atoms with Gasteiger partial charge in [0.15, 0.2) is 0 Å². The summed E-state index contributed by atoms with van der Waals surface area (Å²) in [5, 5.41) is 2.05. The second-order valence-corrected chi connectivity index (χ2v) is 4.18. The highest BCUT2D eigenvalue weighted by atomic mass is 19.1.